The monoisotopic (exact) mass is 301 g/mol. The molecule has 0 aromatic carbocycles. The number of sulfone groups is 1. The molecule has 20 heavy (non-hydrogen) atoms. The van der Waals surface area contributed by atoms with Gasteiger partial charge in [0, 0.05) is 25.9 Å². The first kappa shape index (κ1) is 17.0. The van der Waals surface area contributed by atoms with E-state index in [0.29, 0.717) is 6.42 Å². The van der Waals surface area contributed by atoms with Crippen molar-refractivity contribution < 1.29 is 8.42 Å². The number of nitrogens with zero attached hydrogens (tertiary/aromatic N) is 1. The smallest absolute Gasteiger partial charge is 0.191 e. The molecule has 5 nitrogen and oxygen atoms in total. The maximum Gasteiger partial charge on any atom is 0.191 e. The fraction of sp³-hybridized carbons (Fsp3) is 0.786. The van der Waals surface area contributed by atoms with Crippen LogP contribution in [-0.4, -0.2) is 46.0 Å². The molecule has 2 N–H and O–H groups in total. The van der Waals surface area contributed by atoms with E-state index in [0.717, 1.165) is 18.9 Å². The Labute approximate surface area is 122 Å². The third-order valence-electron chi connectivity index (χ3n) is 3.40. The molecule has 1 aliphatic rings. The van der Waals surface area contributed by atoms with E-state index in [1.165, 1.54) is 31.1 Å². The summed E-state index contributed by atoms with van der Waals surface area (Å²) in [7, 11) is -1.17. The molecular weight excluding hydrogens is 274 g/mol. The molecule has 1 rings (SSSR count). The minimum atomic E-state index is -2.90. The predicted octanol–water partition coefficient (Wildman–Crippen LogP) is 1.48. The molecule has 0 aromatic rings. The van der Waals surface area contributed by atoms with E-state index in [-0.39, 0.29) is 11.8 Å². The van der Waals surface area contributed by atoms with E-state index in [1.807, 2.05) is 6.92 Å². The Hall–Kier alpha value is -1.04. The summed E-state index contributed by atoms with van der Waals surface area (Å²) in [6, 6.07) is 0.0848. The largest absolute Gasteiger partial charge is 0.356 e. The first-order valence-corrected chi connectivity index (χ1v) is 9.29. The second-order valence-electron chi connectivity index (χ2n) is 5.47. The van der Waals surface area contributed by atoms with Gasteiger partial charge in [-0.15, -0.1) is 0 Å². The Morgan fingerprint density at radius 3 is 2.80 bits per heavy atom. The predicted molar refractivity (Wildman–Crippen MR) is 84.8 cm³/mol. The van der Waals surface area contributed by atoms with Gasteiger partial charge in [-0.1, -0.05) is 11.6 Å². The van der Waals surface area contributed by atoms with Gasteiger partial charge in [0.2, 0.25) is 0 Å². The highest BCUT2D eigenvalue weighted by atomic mass is 32.2. The van der Waals surface area contributed by atoms with Crippen LogP contribution in [0.5, 0.6) is 0 Å². The van der Waals surface area contributed by atoms with Crippen molar-refractivity contribution in [1.29, 1.82) is 0 Å². The molecule has 6 heteroatoms. The highest BCUT2D eigenvalue weighted by Crippen LogP contribution is 2.19. The summed E-state index contributed by atoms with van der Waals surface area (Å²) in [5.41, 5.74) is 1.53. The molecule has 0 aromatic heterocycles. The van der Waals surface area contributed by atoms with Crippen molar-refractivity contribution in [2.24, 2.45) is 4.99 Å². The fourth-order valence-electron chi connectivity index (χ4n) is 2.20. The lowest BCUT2D eigenvalue weighted by Crippen LogP contribution is -2.43. The number of hydrogen-bond donors (Lipinski definition) is 2. The van der Waals surface area contributed by atoms with Gasteiger partial charge < -0.3 is 10.6 Å². The lowest BCUT2D eigenvalue weighted by molar-refractivity contribution is 0.581. The van der Waals surface area contributed by atoms with E-state index in [2.05, 4.69) is 21.7 Å². The zero-order chi connectivity index (χ0) is 15.0. The Kier molecular flexibility index (Phi) is 7.05. The highest BCUT2D eigenvalue weighted by molar-refractivity contribution is 7.90. The van der Waals surface area contributed by atoms with Crippen LogP contribution in [0.1, 0.15) is 39.0 Å². The summed E-state index contributed by atoms with van der Waals surface area (Å²) in [5, 5.41) is 6.49. The lowest BCUT2D eigenvalue weighted by Gasteiger charge is -2.17. The number of allylic oxidation sites excluding steroid dienone is 1. The summed E-state index contributed by atoms with van der Waals surface area (Å²) in [5.74, 6) is 0.940. The molecule has 0 saturated heterocycles. The molecule has 0 amide bonds. The van der Waals surface area contributed by atoms with Gasteiger partial charge in [-0.2, -0.15) is 0 Å². The van der Waals surface area contributed by atoms with Crippen LogP contribution in [0, 0.1) is 0 Å². The number of aliphatic imine (C=N–C) groups is 1. The van der Waals surface area contributed by atoms with E-state index in [4.69, 9.17) is 0 Å². The quantitative estimate of drug-likeness (QED) is 0.424. The van der Waals surface area contributed by atoms with Crippen LogP contribution < -0.4 is 10.6 Å². The summed E-state index contributed by atoms with van der Waals surface area (Å²) >= 11 is 0. The third-order valence-corrected chi connectivity index (χ3v) is 4.38. The summed E-state index contributed by atoms with van der Waals surface area (Å²) in [6.07, 6.45) is 8.95. The van der Waals surface area contributed by atoms with Gasteiger partial charge in [0.05, 0.1) is 5.75 Å². The zero-order valence-corrected chi connectivity index (χ0v) is 13.6. The third kappa shape index (κ3) is 7.53. The minimum Gasteiger partial charge on any atom is -0.356 e. The SMILES string of the molecule is CN=C(NCCC1=CCCC1)NC(C)CCS(C)(=O)=O. The highest BCUT2D eigenvalue weighted by Gasteiger charge is 2.10. The topological polar surface area (TPSA) is 70.6 Å². The van der Waals surface area contributed by atoms with Gasteiger partial charge in [0.15, 0.2) is 5.96 Å². The molecular formula is C14H27N3O2S. The van der Waals surface area contributed by atoms with Crippen molar-refractivity contribution in [1.82, 2.24) is 10.6 Å². The Morgan fingerprint density at radius 1 is 1.50 bits per heavy atom. The van der Waals surface area contributed by atoms with Gasteiger partial charge in [-0.05, 0) is 39.0 Å². The molecule has 1 atom stereocenters. The van der Waals surface area contributed by atoms with Crippen LogP contribution in [-0.2, 0) is 9.84 Å². The molecule has 0 bridgehead atoms. The summed E-state index contributed by atoms with van der Waals surface area (Å²) in [4.78, 5) is 4.16. The number of hydrogen-bond acceptors (Lipinski definition) is 3. The Morgan fingerprint density at radius 2 is 2.25 bits per heavy atom. The number of rotatable bonds is 7. The summed E-state index contributed by atoms with van der Waals surface area (Å²) in [6.45, 7) is 2.84. The Balaban J connectivity index is 2.24. The molecule has 0 saturated carbocycles. The van der Waals surface area contributed by atoms with Gasteiger partial charge >= 0.3 is 0 Å². The van der Waals surface area contributed by atoms with Gasteiger partial charge in [-0.3, -0.25) is 4.99 Å². The summed E-state index contributed by atoms with van der Waals surface area (Å²) < 4.78 is 22.3. The molecule has 0 radical (unpaired) electrons. The first-order valence-electron chi connectivity index (χ1n) is 7.23. The van der Waals surface area contributed by atoms with Gasteiger partial charge in [-0.25, -0.2) is 8.42 Å². The molecule has 1 unspecified atom stereocenters. The molecule has 0 spiro atoms. The van der Waals surface area contributed by atoms with Crippen LogP contribution in [0.3, 0.4) is 0 Å². The number of guanidine groups is 1. The van der Waals surface area contributed by atoms with Crippen LogP contribution in [0.4, 0.5) is 0 Å². The van der Waals surface area contributed by atoms with E-state index in [9.17, 15) is 8.42 Å². The second kappa shape index (κ2) is 8.29. The van der Waals surface area contributed by atoms with Crippen molar-refractivity contribution >= 4 is 15.8 Å². The van der Waals surface area contributed by atoms with Crippen LogP contribution in [0.2, 0.25) is 0 Å². The van der Waals surface area contributed by atoms with Crippen molar-refractivity contribution in [3.05, 3.63) is 11.6 Å². The zero-order valence-electron chi connectivity index (χ0n) is 12.8. The molecule has 0 aliphatic heterocycles. The lowest BCUT2D eigenvalue weighted by atomic mass is 10.2. The van der Waals surface area contributed by atoms with E-state index in [1.54, 1.807) is 7.05 Å². The van der Waals surface area contributed by atoms with Crippen LogP contribution in [0.15, 0.2) is 16.6 Å². The van der Waals surface area contributed by atoms with E-state index < -0.39 is 9.84 Å². The number of nitrogens with one attached hydrogen (secondary N) is 2. The Bertz CT molecular complexity index is 455. The maximum atomic E-state index is 11.1. The van der Waals surface area contributed by atoms with Crippen LogP contribution >= 0.6 is 0 Å². The first-order chi connectivity index (χ1) is 9.40. The maximum absolute atomic E-state index is 11.1. The average Bonchev–Trinajstić information content (AvgIpc) is 2.87. The molecule has 116 valence electrons. The minimum absolute atomic E-state index is 0.0848. The van der Waals surface area contributed by atoms with Crippen LogP contribution in [0.25, 0.3) is 0 Å². The standard InChI is InChI=1S/C14H27N3O2S/c1-12(9-11-20(3,18)19)17-14(15-2)16-10-8-13-6-4-5-7-13/h6,12H,4-5,7-11H2,1-3H3,(H2,15,16,17). The molecule has 0 heterocycles. The molecule has 1 aliphatic carbocycles. The van der Waals surface area contributed by atoms with Gasteiger partial charge in [0.1, 0.15) is 9.84 Å². The van der Waals surface area contributed by atoms with Crippen molar-refractivity contribution in [2.75, 3.05) is 25.6 Å². The van der Waals surface area contributed by atoms with Gasteiger partial charge in [0.25, 0.3) is 0 Å². The average molecular weight is 301 g/mol. The van der Waals surface area contributed by atoms with Crippen molar-refractivity contribution in [2.45, 2.75) is 45.1 Å². The van der Waals surface area contributed by atoms with Crippen molar-refractivity contribution in [3.8, 4) is 0 Å². The fourth-order valence-corrected chi connectivity index (χ4v) is 2.98. The second-order valence-corrected chi connectivity index (χ2v) is 7.73. The van der Waals surface area contributed by atoms with E-state index >= 15 is 0 Å². The van der Waals surface area contributed by atoms with Crippen molar-refractivity contribution in [3.63, 3.8) is 0 Å². The normalized spacial score (nSPS) is 17.8. The molecule has 0 fully saturated rings.